The second kappa shape index (κ2) is 6.14. The van der Waals surface area contributed by atoms with Gasteiger partial charge >= 0.3 is 0 Å². The van der Waals surface area contributed by atoms with Crippen LogP contribution in [0, 0.1) is 0 Å². The third-order valence-corrected chi connectivity index (χ3v) is 3.04. The molecular formula is C15H19N3O2. The number of phenolic OH excluding ortho intramolecular Hbond substituents is 1. The maximum absolute atomic E-state index is 9.87. The topological polar surface area (TPSA) is 57.6 Å². The van der Waals surface area contributed by atoms with Crippen molar-refractivity contribution in [2.75, 3.05) is 31.4 Å². The molecular weight excluding hydrogens is 254 g/mol. The minimum Gasteiger partial charge on any atom is -0.508 e. The predicted octanol–water partition coefficient (Wildman–Crippen LogP) is 2.47. The molecule has 0 saturated heterocycles. The van der Waals surface area contributed by atoms with Crippen molar-refractivity contribution in [3.05, 3.63) is 42.2 Å². The smallest absolute Gasteiger partial charge is 0.120 e. The maximum atomic E-state index is 9.87. The highest BCUT2D eigenvalue weighted by Crippen LogP contribution is 2.26. The summed E-state index contributed by atoms with van der Waals surface area (Å²) in [6.45, 7) is 0.496. The Morgan fingerprint density at radius 2 is 2.10 bits per heavy atom. The summed E-state index contributed by atoms with van der Waals surface area (Å²) in [5.74, 6) is 0.965. The molecule has 0 aliphatic carbocycles. The van der Waals surface area contributed by atoms with Crippen LogP contribution in [0.2, 0.25) is 0 Å². The molecule has 0 bridgehead atoms. The minimum absolute atomic E-state index is 0.244. The molecule has 1 aromatic heterocycles. The van der Waals surface area contributed by atoms with Gasteiger partial charge in [0.15, 0.2) is 0 Å². The summed E-state index contributed by atoms with van der Waals surface area (Å²) in [5, 5.41) is 13.1. The molecule has 0 aliphatic rings. The molecule has 20 heavy (non-hydrogen) atoms. The van der Waals surface area contributed by atoms with Gasteiger partial charge in [-0.3, -0.25) is 4.98 Å². The summed E-state index contributed by atoms with van der Waals surface area (Å²) in [5.41, 5.74) is 2.74. The lowest BCUT2D eigenvalue weighted by atomic mass is 10.2. The summed E-state index contributed by atoms with van der Waals surface area (Å²) >= 11 is 0. The lowest BCUT2D eigenvalue weighted by molar-refractivity contribution is 0.411. The maximum Gasteiger partial charge on any atom is 0.120 e. The molecule has 2 rings (SSSR count). The van der Waals surface area contributed by atoms with Gasteiger partial charge < -0.3 is 20.1 Å². The first-order valence-corrected chi connectivity index (χ1v) is 6.33. The Kier molecular flexibility index (Phi) is 4.30. The number of pyridine rings is 1. The van der Waals surface area contributed by atoms with E-state index in [9.17, 15) is 5.11 Å². The molecule has 5 heteroatoms. The van der Waals surface area contributed by atoms with Crippen LogP contribution in [0.4, 0.5) is 11.4 Å². The quantitative estimate of drug-likeness (QED) is 0.876. The fourth-order valence-corrected chi connectivity index (χ4v) is 1.93. The van der Waals surface area contributed by atoms with E-state index in [1.54, 1.807) is 31.6 Å². The first-order chi connectivity index (χ1) is 9.61. The number of aromatic nitrogens is 1. The van der Waals surface area contributed by atoms with Crippen LogP contribution in [-0.2, 0) is 6.54 Å². The molecule has 0 radical (unpaired) electrons. The molecule has 0 spiro atoms. The van der Waals surface area contributed by atoms with Gasteiger partial charge in [0, 0.05) is 32.4 Å². The van der Waals surface area contributed by atoms with E-state index in [0.717, 1.165) is 22.7 Å². The summed E-state index contributed by atoms with van der Waals surface area (Å²) in [6, 6.07) is 7.11. The van der Waals surface area contributed by atoms with Crippen LogP contribution in [0.5, 0.6) is 11.5 Å². The Hall–Kier alpha value is -2.43. The highest BCUT2D eigenvalue weighted by Gasteiger charge is 2.07. The Morgan fingerprint density at radius 1 is 1.30 bits per heavy atom. The van der Waals surface area contributed by atoms with Gasteiger partial charge in [0.1, 0.15) is 11.5 Å². The summed E-state index contributed by atoms with van der Waals surface area (Å²) in [7, 11) is 5.56. The number of nitrogens with one attached hydrogen (secondary N) is 1. The molecule has 2 N–H and O–H groups in total. The number of phenols is 1. The average Bonchev–Trinajstić information content (AvgIpc) is 2.46. The van der Waals surface area contributed by atoms with E-state index in [0.29, 0.717) is 6.54 Å². The highest BCUT2D eigenvalue weighted by molar-refractivity contribution is 5.68. The third kappa shape index (κ3) is 3.12. The van der Waals surface area contributed by atoms with Gasteiger partial charge in [-0.05, 0) is 24.3 Å². The normalized spacial score (nSPS) is 10.2. The van der Waals surface area contributed by atoms with Crippen molar-refractivity contribution in [1.29, 1.82) is 0 Å². The van der Waals surface area contributed by atoms with Crippen molar-refractivity contribution in [3.8, 4) is 11.5 Å². The Morgan fingerprint density at radius 3 is 2.80 bits per heavy atom. The van der Waals surface area contributed by atoms with Gasteiger partial charge in [0.05, 0.1) is 24.7 Å². The van der Waals surface area contributed by atoms with Crippen LogP contribution < -0.4 is 15.0 Å². The number of anilines is 2. The fraction of sp³-hybridized carbons (Fsp3) is 0.267. The number of methoxy groups -OCH3 is 1. The van der Waals surface area contributed by atoms with Crippen molar-refractivity contribution in [1.82, 2.24) is 4.98 Å². The average molecular weight is 273 g/mol. The van der Waals surface area contributed by atoms with Crippen LogP contribution in [0.1, 0.15) is 5.56 Å². The van der Waals surface area contributed by atoms with Crippen molar-refractivity contribution in [2.24, 2.45) is 0 Å². The number of rotatable bonds is 5. The zero-order chi connectivity index (χ0) is 14.5. The van der Waals surface area contributed by atoms with Gasteiger partial charge in [-0.15, -0.1) is 0 Å². The van der Waals surface area contributed by atoms with Gasteiger partial charge in [0.25, 0.3) is 0 Å². The van der Waals surface area contributed by atoms with Crippen LogP contribution in [0.15, 0.2) is 36.7 Å². The fourth-order valence-electron chi connectivity index (χ4n) is 1.93. The Balaban J connectivity index is 2.17. The summed E-state index contributed by atoms with van der Waals surface area (Å²) < 4.78 is 5.16. The van der Waals surface area contributed by atoms with Crippen molar-refractivity contribution in [2.45, 2.75) is 6.54 Å². The zero-order valence-corrected chi connectivity index (χ0v) is 11.9. The Bertz CT molecular complexity index is 585. The molecule has 0 atom stereocenters. The number of ether oxygens (including phenoxy) is 1. The first-order valence-electron chi connectivity index (χ1n) is 6.33. The summed E-state index contributed by atoms with van der Waals surface area (Å²) in [4.78, 5) is 6.13. The van der Waals surface area contributed by atoms with E-state index >= 15 is 0 Å². The van der Waals surface area contributed by atoms with Crippen LogP contribution in [-0.4, -0.2) is 31.3 Å². The standard InChI is InChI=1S/C15H19N3O2/c1-18(2)14-6-7-16-10-13(14)17-9-11-8-12(20-3)4-5-15(11)19/h4-8,10,17,19H,9H2,1-3H3. The number of hydrogen-bond acceptors (Lipinski definition) is 5. The van der Waals surface area contributed by atoms with E-state index in [1.165, 1.54) is 0 Å². The minimum atomic E-state index is 0.244. The van der Waals surface area contributed by atoms with E-state index in [2.05, 4.69) is 10.3 Å². The molecule has 0 saturated carbocycles. The number of aromatic hydroxyl groups is 1. The van der Waals surface area contributed by atoms with E-state index in [4.69, 9.17) is 4.74 Å². The lowest BCUT2D eigenvalue weighted by Crippen LogP contribution is -2.12. The van der Waals surface area contributed by atoms with Gasteiger partial charge in [-0.2, -0.15) is 0 Å². The third-order valence-electron chi connectivity index (χ3n) is 3.04. The molecule has 1 heterocycles. The molecule has 0 fully saturated rings. The SMILES string of the molecule is COc1ccc(O)c(CNc2cnccc2N(C)C)c1. The van der Waals surface area contributed by atoms with Gasteiger partial charge in [-0.1, -0.05) is 0 Å². The van der Waals surface area contributed by atoms with Crippen molar-refractivity contribution < 1.29 is 9.84 Å². The molecule has 5 nitrogen and oxygen atoms in total. The molecule has 0 amide bonds. The predicted molar refractivity (Wildman–Crippen MR) is 80.5 cm³/mol. The number of benzene rings is 1. The Labute approximate surface area is 118 Å². The zero-order valence-electron chi connectivity index (χ0n) is 11.9. The molecule has 0 aliphatic heterocycles. The molecule has 0 unspecified atom stereocenters. The van der Waals surface area contributed by atoms with Crippen LogP contribution in [0.25, 0.3) is 0 Å². The number of nitrogens with zero attached hydrogens (tertiary/aromatic N) is 2. The monoisotopic (exact) mass is 273 g/mol. The van der Waals surface area contributed by atoms with Crippen LogP contribution in [0.3, 0.4) is 0 Å². The first kappa shape index (κ1) is 14.0. The van der Waals surface area contributed by atoms with Crippen molar-refractivity contribution >= 4 is 11.4 Å². The largest absolute Gasteiger partial charge is 0.508 e. The van der Waals surface area contributed by atoms with Gasteiger partial charge in [0.2, 0.25) is 0 Å². The second-order valence-corrected chi connectivity index (χ2v) is 4.64. The van der Waals surface area contributed by atoms with Crippen LogP contribution >= 0.6 is 0 Å². The molecule has 2 aromatic rings. The lowest BCUT2D eigenvalue weighted by Gasteiger charge is -2.18. The summed E-state index contributed by atoms with van der Waals surface area (Å²) in [6.07, 6.45) is 3.52. The van der Waals surface area contributed by atoms with E-state index in [1.807, 2.05) is 31.1 Å². The second-order valence-electron chi connectivity index (χ2n) is 4.64. The van der Waals surface area contributed by atoms with Crippen molar-refractivity contribution in [3.63, 3.8) is 0 Å². The highest BCUT2D eigenvalue weighted by atomic mass is 16.5. The van der Waals surface area contributed by atoms with E-state index in [-0.39, 0.29) is 5.75 Å². The van der Waals surface area contributed by atoms with E-state index < -0.39 is 0 Å². The molecule has 1 aromatic carbocycles. The molecule has 106 valence electrons. The van der Waals surface area contributed by atoms with Gasteiger partial charge in [-0.25, -0.2) is 0 Å². The number of hydrogen-bond donors (Lipinski definition) is 2.